The van der Waals surface area contributed by atoms with Gasteiger partial charge in [-0.2, -0.15) is 0 Å². The highest BCUT2D eigenvalue weighted by molar-refractivity contribution is 7.89. The average Bonchev–Trinajstić information content (AvgIpc) is 2.60. The third-order valence-corrected chi connectivity index (χ3v) is 5.35. The Bertz CT molecular complexity index is 771. The van der Waals surface area contributed by atoms with E-state index in [-0.39, 0.29) is 17.5 Å². The van der Waals surface area contributed by atoms with Crippen LogP contribution in [0, 0.1) is 0 Å². The molecule has 1 aliphatic rings. The van der Waals surface area contributed by atoms with E-state index in [4.69, 9.17) is 9.47 Å². The molecule has 2 aromatic carbocycles. The van der Waals surface area contributed by atoms with Gasteiger partial charge >= 0.3 is 0 Å². The second kappa shape index (κ2) is 6.70. The second-order valence-electron chi connectivity index (χ2n) is 5.43. The first-order chi connectivity index (χ1) is 11.1. The SMILES string of the molecule is COc1ccc(S(=O)(=O)NCC2Cc3ccccc3CO2)cc1. The van der Waals surface area contributed by atoms with Crippen LogP contribution in [0.3, 0.4) is 0 Å². The Morgan fingerprint density at radius 3 is 2.52 bits per heavy atom. The van der Waals surface area contributed by atoms with Crippen LogP contribution < -0.4 is 9.46 Å². The molecule has 5 nitrogen and oxygen atoms in total. The first-order valence-electron chi connectivity index (χ1n) is 7.40. The number of hydrogen-bond acceptors (Lipinski definition) is 4. The van der Waals surface area contributed by atoms with Crippen LogP contribution in [0.2, 0.25) is 0 Å². The van der Waals surface area contributed by atoms with Gasteiger partial charge in [0.15, 0.2) is 0 Å². The molecule has 0 radical (unpaired) electrons. The Hall–Kier alpha value is -1.89. The van der Waals surface area contributed by atoms with Gasteiger partial charge in [0.1, 0.15) is 5.75 Å². The maximum Gasteiger partial charge on any atom is 0.240 e. The van der Waals surface area contributed by atoms with Gasteiger partial charge in [0.05, 0.1) is 24.7 Å². The zero-order chi connectivity index (χ0) is 16.3. The molecule has 0 bridgehead atoms. The van der Waals surface area contributed by atoms with E-state index < -0.39 is 10.0 Å². The number of rotatable bonds is 5. The highest BCUT2D eigenvalue weighted by Crippen LogP contribution is 2.20. The molecule has 1 N–H and O–H groups in total. The molecule has 122 valence electrons. The molecule has 0 aliphatic carbocycles. The zero-order valence-electron chi connectivity index (χ0n) is 12.9. The number of fused-ring (bicyclic) bond motifs is 1. The Morgan fingerprint density at radius 1 is 1.13 bits per heavy atom. The van der Waals surface area contributed by atoms with Crippen LogP contribution in [0.1, 0.15) is 11.1 Å². The smallest absolute Gasteiger partial charge is 0.240 e. The summed E-state index contributed by atoms with van der Waals surface area (Å²) >= 11 is 0. The van der Waals surface area contributed by atoms with E-state index in [1.807, 2.05) is 18.2 Å². The van der Waals surface area contributed by atoms with Gasteiger partial charge < -0.3 is 9.47 Å². The molecule has 1 unspecified atom stereocenters. The standard InChI is InChI=1S/C17H19NO4S/c1-21-15-6-8-17(9-7-15)23(19,20)18-11-16-10-13-4-2-3-5-14(13)12-22-16/h2-9,16,18H,10-12H2,1H3. The highest BCUT2D eigenvalue weighted by atomic mass is 32.2. The summed E-state index contributed by atoms with van der Waals surface area (Å²) < 4.78 is 38.0. The number of nitrogens with one attached hydrogen (secondary N) is 1. The van der Waals surface area contributed by atoms with Crippen molar-refractivity contribution in [3.05, 3.63) is 59.7 Å². The summed E-state index contributed by atoms with van der Waals surface area (Å²) in [7, 11) is -2.01. The molecule has 1 atom stereocenters. The van der Waals surface area contributed by atoms with Crippen molar-refractivity contribution in [1.29, 1.82) is 0 Å². The third kappa shape index (κ3) is 3.72. The fourth-order valence-electron chi connectivity index (χ4n) is 2.58. The average molecular weight is 333 g/mol. The minimum absolute atomic E-state index is 0.155. The topological polar surface area (TPSA) is 64.6 Å². The lowest BCUT2D eigenvalue weighted by Crippen LogP contribution is -2.36. The van der Waals surface area contributed by atoms with Crippen molar-refractivity contribution < 1.29 is 17.9 Å². The lowest BCUT2D eigenvalue weighted by atomic mass is 9.99. The van der Waals surface area contributed by atoms with E-state index >= 15 is 0 Å². The molecule has 0 aromatic heterocycles. The largest absolute Gasteiger partial charge is 0.497 e. The van der Waals surface area contributed by atoms with Crippen LogP contribution in [0.4, 0.5) is 0 Å². The predicted octanol–water partition coefficient (Wildman–Crippen LogP) is 2.12. The second-order valence-corrected chi connectivity index (χ2v) is 7.20. The normalized spacial score (nSPS) is 17.5. The van der Waals surface area contributed by atoms with Crippen molar-refractivity contribution in [2.24, 2.45) is 0 Å². The van der Waals surface area contributed by atoms with E-state index in [9.17, 15) is 8.42 Å². The first kappa shape index (κ1) is 16.0. The summed E-state index contributed by atoms with van der Waals surface area (Å²) in [4.78, 5) is 0.217. The number of sulfonamides is 1. The Morgan fingerprint density at radius 2 is 1.83 bits per heavy atom. The van der Waals surface area contributed by atoms with Gasteiger partial charge in [-0.25, -0.2) is 13.1 Å². The minimum Gasteiger partial charge on any atom is -0.497 e. The molecule has 3 rings (SSSR count). The third-order valence-electron chi connectivity index (χ3n) is 3.91. The van der Waals surface area contributed by atoms with Crippen LogP contribution in [0.15, 0.2) is 53.4 Å². The van der Waals surface area contributed by atoms with Crippen molar-refractivity contribution in [3.63, 3.8) is 0 Å². The van der Waals surface area contributed by atoms with Gasteiger partial charge in [-0.05, 0) is 35.4 Å². The molecule has 0 saturated carbocycles. The van der Waals surface area contributed by atoms with E-state index in [1.165, 1.54) is 23.3 Å². The Kier molecular flexibility index (Phi) is 4.66. The maximum absolute atomic E-state index is 12.3. The van der Waals surface area contributed by atoms with E-state index in [0.717, 1.165) is 0 Å². The quantitative estimate of drug-likeness (QED) is 0.910. The molecule has 2 aromatic rings. The van der Waals surface area contributed by atoms with Crippen LogP contribution in [-0.2, 0) is 27.8 Å². The van der Waals surface area contributed by atoms with E-state index in [1.54, 1.807) is 19.2 Å². The van der Waals surface area contributed by atoms with Gasteiger partial charge in [0.2, 0.25) is 10.0 Å². The lowest BCUT2D eigenvalue weighted by Gasteiger charge is -2.25. The van der Waals surface area contributed by atoms with Gasteiger partial charge in [-0.1, -0.05) is 24.3 Å². The summed E-state index contributed by atoms with van der Waals surface area (Å²) in [6.45, 7) is 0.772. The number of benzene rings is 2. The summed E-state index contributed by atoms with van der Waals surface area (Å²) in [6, 6.07) is 14.4. The molecule has 6 heteroatoms. The number of methoxy groups -OCH3 is 1. The van der Waals surface area contributed by atoms with Gasteiger partial charge in [-0.15, -0.1) is 0 Å². The van der Waals surface area contributed by atoms with Crippen molar-refractivity contribution in [2.75, 3.05) is 13.7 Å². The highest BCUT2D eigenvalue weighted by Gasteiger charge is 2.21. The molecular weight excluding hydrogens is 314 g/mol. The van der Waals surface area contributed by atoms with Crippen molar-refractivity contribution >= 4 is 10.0 Å². The predicted molar refractivity (Wildman–Crippen MR) is 86.9 cm³/mol. The molecular formula is C17H19NO4S. The number of hydrogen-bond donors (Lipinski definition) is 1. The van der Waals surface area contributed by atoms with Gasteiger partial charge in [0, 0.05) is 13.0 Å². The lowest BCUT2D eigenvalue weighted by molar-refractivity contribution is 0.0322. The summed E-state index contributed by atoms with van der Waals surface area (Å²) in [5.41, 5.74) is 2.38. The van der Waals surface area contributed by atoms with E-state index in [2.05, 4.69) is 10.8 Å². The number of ether oxygens (including phenoxy) is 2. The van der Waals surface area contributed by atoms with Crippen LogP contribution >= 0.6 is 0 Å². The monoisotopic (exact) mass is 333 g/mol. The van der Waals surface area contributed by atoms with Crippen molar-refractivity contribution in [1.82, 2.24) is 4.72 Å². The fraction of sp³-hybridized carbons (Fsp3) is 0.294. The molecule has 1 aliphatic heterocycles. The molecule has 0 spiro atoms. The molecule has 0 saturated heterocycles. The summed E-state index contributed by atoms with van der Waals surface area (Å²) in [6.07, 6.45) is 0.555. The first-order valence-corrected chi connectivity index (χ1v) is 8.89. The minimum atomic E-state index is -3.55. The zero-order valence-corrected chi connectivity index (χ0v) is 13.7. The summed E-state index contributed by atoms with van der Waals surface area (Å²) in [5, 5.41) is 0. The van der Waals surface area contributed by atoms with Crippen molar-refractivity contribution in [3.8, 4) is 5.75 Å². The summed E-state index contributed by atoms with van der Waals surface area (Å²) in [5.74, 6) is 0.621. The van der Waals surface area contributed by atoms with E-state index in [0.29, 0.717) is 18.8 Å². The van der Waals surface area contributed by atoms with Crippen LogP contribution in [-0.4, -0.2) is 28.2 Å². The fourth-order valence-corrected chi connectivity index (χ4v) is 3.65. The van der Waals surface area contributed by atoms with Crippen LogP contribution in [0.25, 0.3) is 0 Å². The Labute approximate surface area is 136 Å². The van der Waals surface area contributed by atoms with Crippen molar-refractivity contribution in [2.45, 2.75) is 24.0 Å². The molecule has 1 heterocycles. The van der Waals surface area contributed by atoms with Gasteiger partial charge in [0.25, 0.3) is 0 Å². The maximum atomic E-state index is 12.3. The molecule has 23 heavy (non-hydrogen) atoms. The Balaban J connectivity index is 1.63. The molecule has 0 amide bonds. The molecule has 0 fully saturated rings. The van der Waals surface area contributed by atoms with Gasteiger partial charge in [-0.3, -0.25) is 0 Å². The van der Waals surface area contributed by atoms with Crippen LogP contribution in [0.5, 0.6) is 5.75 Å².